The fourth-order valence-corrected chi connectivity index (χ4v) is 5.73. The number of carbonyl (C=O) groups excluding carboxylic acids is 2. The van der Waals surface area contributed by atoms with Crippen LogP contribution in [0.2, 0.25) is 0 Å². The summed E-state index contributed by atoms with van der Waals surface area (Å²) in [7, 11) is 1.64. The molecule has 2 spiro atoms. The molecule has 1 N–H and O–H groups in total. The number of hydrogen-bond acceptors (Lipinski definition) is 3. The van der Waals surface area contributed by atoms with Gasteiger partial charge in [0.05, 0.1) is 6.10 Å². The molecular weight excluding hydrogens is 421 g/mol. The van der Waals surface area contributed by atoms with Crippen molar-refractivity contribution in [1.29, 1.82) is 0 Å². The monoisotopic (exact) mass is 446 g/mol. The van der Waals surface area contributed by atoms with Crippen molar-refractivity contribution in [3.63, 3.8) is 0 Å². The summed E-state index contributed by atoms with van der Waals surface area (Å²) in [6, 6.07) is 4.63. The lowest BCUT2D eigenvalue weighted by atomic mass is 9.61. The Hall–Kier alpha value is -2.53. The third-order valence-electron chi connectivity index (χ3n) is 7.50. The molecule has 4 aliphatic rings. The second-order valence-corrected chi connectivity index (χ2v) is 9.49. The van der Waals surface area contributed by atoms with E-state index in [2.05, 4.69) is 17.2 Å². The number of carbonyl (C=O) groups is 2. The lowest BCUT2D eigenvalue weighted by molar-refractivity contribution is -0.158. The molecule has 1 unspecified atom stereocenters. The van der Waals surface area contributed by atoms with Crippen molar-refractivity contribution in [3.05, 3.63) is 34.9 Å². The van der Waals surface area contributed by atoms with Crippen LogP contribution in [0.1, 0.15) is 55.2 Å². The Morgan fingerprint density at radius 3 is 2.53 bits per heavy atom. The molecule has 1 saturated heterocycles. The maximum absolute atomic E-state index is 13.7. The summed E-state index contributed by atoms with van der Waals surface area (Å²) < 4.78 is 45.1. The summed E-state index contributed by atoms with van der Waals surface area (Å²) in [6.07, 6.45) is 0.578. The Kier molecular flexibility index (Phi) is 4.82. The van der Waals surface area contributed by atoms with Gasteiger partial charge in [-0.25, -0.2) is 4.79 Å². The Balaban J connectivity index is 1.60. The number of benzene rings is 1. The van der Waals surface area contributed by atoms with Crippen molar-refractivity contribution in [3.8, 4) is 11.8 Å². The van der Waals surface area contributed by atoms with Crippen molar-refractivity contribution in [2.24, 2.45) is 11.3 Å². The summed E-state index contributed by atoms with van der Waals surface area (Å²) in [5, 5.41) is 2.75. The minimum absolute atomic E-state index is 0.0415. The molecule has 3 amide bonds. The fourth-order valence-electron chi connectivity index (χ4n) is 5.73. The molecule has 32 heavy (non-hydrogen) atoms. The number of nitrogens with zero attached hydrogens (tertiary/aromatic N) is 1. The summed E-state index contributed by atoms with van der Waals surface area (Å²) in [5.74, 6) is 5.92. The number of nitrogens with one attached hydrogen (secondary N) is 1. The van der Waals surface area contributed by atoms with Gasteiger partial charge >= 0.3 is 12.2 Å². The van der Waals surface area contributed by atoms with Gasteiger partial charge in [0.2, 0.25) is 0 Å². The zero-order valence-corrected chi connectivity index (χ0v) is 17.8. The molecule has 3 fully saturated rings. The van der Waals surface area contributed by atoms with E-state index in [0.717, 1.165) is 18.4 Å². The highest BCUT2D eigenvalue weighted by molar-refractivity contribution is 6.09. The van der Waals surface area contributed by atoms with E-state index in [0.29, 0.717) is 54.0 Å². The van der Waals surface area contributed by atoms with Crippen molar-refractivity contribution in [2.75, 3.05) is 13.7 Å². The van der Waals surface area contributed by atoms with E-state index in [1.807, 2.05) is 12.1 Å². The van der Waals surface area contributed by atoms with Gasteiger partial charge in [0.25, 0.3) is 5.91 Å². The minimum Gasteiger partial charge on any atom is -0.381 e. The highest BCUT2D eigenvalue weighted by atomic mass is 19.4. The fraction of sp³-hybridized carbons (Fsp3) is 0.583. The number of imide groups is 1. The Bertz CT molecular complexity index is 1030. The van der Waals surface area contributed by atoms with Crippen molar-refractivity contribution < 1.29 is 27.5 Å². The van der Waals surface area contributed by atoms with Crippen LogP contribution in [0.4, 0.5) is 18.0 Å². The maximum Gasteiger partial charge on any atom is 0.406 e. The molecule has 0 radical (unpaired) electrons. The van der Waals surface area contributed by atoms with Crippen LogP contribution >= 0.6 is 0 Å². The van der Waals surface area contributed by atoms with Crippen molar-refractivity contribution >= 4 is 11.9 Å². The van der Waals surface area contributed by atoms with Crippen LogP contribution < -0.4 is 5.32 Å². The third kappa shape index (κ3) is 3.29. The average Bonchev–Trinajstić information content (AvgIpc) is 3.50. The van der Waals surface area contributed by atoms with Gasteiger partial charge < -0.3 is 10.1 Å². The van der Waals surface area contributed by atoms with E-state index >= 15 is 0 Å². The quantitative estimate of drug-likeness (QED) is 0.554. The molecule has 1 heterocycles. The molecular formula is C24H25F3N2O3. The predicted octanol–water partition coefficient (Wildman–Crippen LogP) is 3.89. The van der Waals surface area contributed by atoms with Gasteiger partial charge in [-0.3, -0.25) is 9.69 Å². The largest absolute Gasteiger partial charge is 0.406 e. The first-order chi connectivity index (χ1) is 15.2. The number of methoxy groups -OCH3 is 1. The average molecular weight is 446 g/mol. The standard InChI is InChI=1S/C24H25F3N2O3/c1-32-18-8-10-22(11-9-18)13-17-7-6-16(5-4-15-2-3-15)12-19(17)24(22)20(30)29(21(31)28-24)14-23(25,26)27/h6-7,12,15,18H,2-3,8-11,13-14H2,1H3,(H,28,31). The summed E-state index contributed by atoms with van der Waals surface area (Å²) in [6.45, 7) is -1.59. The number of fused-ring (bicyclic) bond motifs is 3. The molecule has 5 nitrogen and oxygen atoms in total. The molecule has 5 rings (SSSR count). The number of rotatable bonds is 2. The summed E-state index contributed by atoms with van der Waals surface area (Å²) in [5.41, 5.74) is 0.0222. The molecule has 1 aromatic rings. The van der Waals surface area contributed by atoms with E-state index in [4.69, 9.17) is 4.74 Å². The number of alkyl halides is 3. The number of urea groups is 1. The molecule has 0 aromatic heterocycles. The van der Waals surface area contributed by atoms with Crippen molar-refractivity contribution in [1.82, 2.24) is 10.2 Å². The summed E-state index contributed by atoms with van der Waals surface area (Å²) >= 11 is 0. The number of amides is 3. The first-order valence-corrected chi connectivity index (χ1v) is 11.1. The SMILES string of the molecule is COC1CCC2(CC1)Cc1ccc(C#CC3CC3)cc1C21NC(=O)N(CC(F)(F)F)C1=O. The molecule has 3 aliphatic carbocycles. The maximum atomic E-state index is 13.7. The van der Waals surface area contributed by atoms with E-state index in [1.54, 1.807) is 13.2 Å². The first-order valence-electron chi connectivity index (χ1n) is 11.1. The van der Waals surface area contributed by atoms with E-state index < -0.39 is 35.6 Å². The van der Waals surface area contributed by atoms with Gasteiger partial charge in [-0.1, -0.05) is 17.9 Å². The van der Waals surface area contributed by atoms with Gasteiger partial charge in [0, 0.05) is 24.0 Å². The third-order valence-corrected chi connectivity index (χ3v) is 7.50. The number of ether oxygens (including phenoxy) is 1. The minimum atomic E-state index is -4.67. The molecule has 1 atom stereocenters. The normalized spacial score (nSPS) is 31.6. The van der Waals surface area contributed by atoms with E-state index in [-0.39, 0.29) is 6.10 Å². The Morgan fingerprint density at radius 1 is 1.19 bits per heavy atom. The molecule has 1 aliphatic heterocycles. The second-order valence-electron chi connectivity index (χ2n) is 9.49. The van der Waals surface area contributed by atoms with Gasteiger partial charge in [-0.05, 0) is 68.2 Å². The molecule has 170 valence electrons. The van der Waals surface area contributed by atoms with E-state index in [1.165, 1.54) is 0 Å². The van der Waals surface area contributed by atoms with Crippen molar-refractivity contribution in [2.45, 2.75) is 62.8 Å². The highest BCUT2D eigenvalue weighted by Crippen LogP contribution is 2.60. The van der Waals surface area contributed by atoms with Crippen LogP contribution in [0.5, 0.6) is 0 Å². The van der Waals surface area contributed by atoms with Crippen LogP contribution in [0.15, 0.2) is 18.2 Å². The zero-order valence-electron chi connectivity index (χ0n) is 17.8. The summed E-state index contributed by atoms with van der Waals surface area (Å²) in [4.78, 5) is 26.7. The smallest absolute Gasteiger partial charge is 0.381 e. The molecule has 8 heteroatoms. The number of halogens is 3. The van der Waals surface area contributed by atoms with Crippen LogP contribution in [0.3, 0.4) is 0 Å². The van der Waals surface area contributed by atoms with Crippen LogP contribution in [0.25, 0.3) is 0 Å². The lowest BCUT2D eigenvalue weighted by Crippen LogP contribution is -2.57. The Morgan fingerprint density at radius 2 is 1.91 bits per heavy atom. The van der Waals surface area contributed by atoms with Gasteiger partial charge in [-0.15, -0.1) is 0 Å². The van der Waals surface area contributed by atoms with E-state index in [9.17, 15) is 22.8 Å². The molecule has 1 aromatic carbocycles. The number of hydrogen-bond donors (Lipinski definition) is 1. The predicted molar refractivity (Wildman–Crippen MR) is 109 cm³/mol. The topological polar surface area (TPSA) is 58.6 Å². The highest BCUT2D eigenvalue weighted by Gasteiger charge is 2.68. The first kappa shape index (κ1) is 21.3. The lowest BCUT2D eigenvalue weighted by Gasteiger charge is -2.46. The zero-order chi connectivity index (χ0) is 22.7. The molecule has 2 saturated carbocycles. The van der Waals surface area contributed by atoms with Crippen LogP contribution in [-0.2, 0) is 21.5 Å². The second kappa shape index (κ2) is 7.24. The van der Waals surface area contributed by atoms with Gasteiger partial charge in [0.1, 0.15) is 6.54 Å². The van der Waals surface area contributed by atoms with Crippen LogP contribution in [-0.4, -0.2) is 42.8 Å². The molecule has 0 bridgehead atoms. The van der Waals surface area contributed by atoms with Gasteiger partial charge in [0.15, 0.2) is 5.54 Å². The van der Waals surface area contributed by atoms with Crippen LogP contribution in [0, 0.1) is 23.2 Å². The Labute approximate surface area is 184 Å². The van der Waals surface area contributed by atoms with Gasteiger partial charge in [-0.2, -0.15) is 13.2 Å².